The smallest absolute Gasteiger partial charge is 0.267 e. The van der Waals surface area contributed by atoms with Crippen LogP contribution >= 0.6 is 0 Å². The van der Waals surface area contributed by atoms with Crippen molar-refractivity contribution >= 4 is 22.5 Å². The highest BCUT2D eigenvalue weighted by Crippen LogP contribution is 2.20. The summed E-state index contributed by atoms with van der Waals surface area (Å²) in [5.74, 6) is -0.0782. The van der Waals surface area contributed by atoms with Gasteiger partial charge in [-0.15, -0.1) is 0 Å². The summed E-state index contributed by atoms with van der Waals surface area (Å²) in [5, 5.41) is 2.86. The summed E-state index contributed by atoms with van der Waals surface area (Å²) in [6.07, 6.45) is 1.73. The van der Waals surface area contributed by atoms with E-state index in [-0.39, 0.29) is 5.91 Å². The van der Waals surface area contributed by atoms with Gasteiger partial charge in [-0.1, -0.05) is 0 Å². The van der Waals surface area contributed by atoms with Gasteiger partial charge in [0.1, 0.15) is 0 Å². The van der Waals surface area contributed by atoms with Gasteiger partial charge in [-0.05, 0) is 25.2 Å². The van der Waals surface area contributed by atoms with Gasteiger partial charge in [-0.3, -0.25) is 10.2 Å². The van der Waals surface area contributed by atoms with Gasteiger partial charge in [0.25, 0.3) is 5.91 Å². The Morgan fingerprint density at radius 2 is 2.05 bits per heavy atom. The van der Waals surface area contributed by atoms with Gasteiger partial charge in [0.2, 0.25) is 0 Å². The molecule has 6 nitrogen and oxygen atoms in total. The van der Waals surface area contributed by atoms with Crippen molar-refractivity contribution in [2.24, 2.45) is 0 Å². The minimum absolute atomic E-state index is 0.0782. The number of aromatic amines is 1. The summed E-state index contributed by atoms with van der Waals surface area (Å²) in [6.45, 7) is 3.62. The Kier molecular flexibility index (Phi) is 3.33. The van der Waals surface area contributed by atoms with E-state index in [0.29, 0.717) is 11.3 Å². The van der Waals surface area contributed by atoms with Crippen LogP contribution in [0.25, 0.3) is 10.9 Å². The number of piperazine rings is 1. The molecule has 106 valence electrons. The molecule has 6 heteroatoms. The molecule has 0 atom stereocenters. The molecule has 1 aliphatic rings. The van der Waals surface area contributed by atoms with E-state index in [1.165, 1.54) is 0 Å². The molecule has 1 aliphatic heterocycles. The maximum absolute atomic E-state index is 12.3. The number of aromatic nitrogens is 1. The minimum Gasteiger partial charge on any atom is -0.399 e. The number of benzene rings is 1. The first kappa shape index (κ1) is 13.0. The fraction of sp³-hybridized carbons (Fsp3) is 0.357. The van der Waals surface area contributed by atoms with Crippen LogP contribution in [0.4, 0.5) is 5.69 Å². The van der Waals surface area contributed by atoms with Crippen LogP contribution in [0, 0.1) is 0 Å². The number of carbonyl (C=O) groups is 1. The number of nitrogens with one attached hydrogen (secondary N) is 2. The Morgan fingerprint density at radius 1 is 1.30 bits per heavy atom. The van der Waals surface area contributed by atoms with Crippen LogP contribution in [-0.2, 0) is 0 Å². The molecular weight excluding hydrogens is 254 g/mol. The van der Waals surface area contributed by atoms with Crippen LogP contribution in [0.3, 0.4) is 0 Å². The molecule has 2 heterocycles. The number of anilines is 1. The van der Waals surface area contributed by atoms with Gasteiger partial charge < -0.3 is 15.6 Å². The van der Waals surface area contributed by atoms with Crippen LogP contribution in [-0.4, -0.2) is 54.0 Å². The molecule has 0 aliphatic carbocycles. The fourth-order valence-corrected chi connectivity index (χ4v) is 2.45. The van der Waals surface area contributed by atoms with Gasteiger partial charge in [0.05, 0.1) is 5.56 Å². The van der Waals surface area contributed by atoms with E-state index in [4.69, 9.17) is 5.73 Å². The summed E-state index contributed by atoms with van der Waals surface area (Å²) in [4.78, 5) is 17.7. The Bertz CT molecular complexity index is 628. The van der Waals surface area contributed by atoms with E-state index in [1.807, 2.05) is 23.2 Å². The summed E-state index contributed by atoms with van der Waals surface area (Å²) >= 11 is 0. The van der Waals surface area contributed by atoms with Crippen LogP contribution < -0.4 is 11.2 Å². The summed E-state index contributed by atoms with van der Waals surface area (Å²) in [7, 11) is 2.09. The van der Waals surface area contributed by atoms with Crippen molar-refractivity contribution in [3.05, 3.63) is 30.0 Å². The highest BCUT2D eigenvalue weighted by atomic mass is 16.2. The van der Waals surface area contributed by atoms with Crippen LogP contribution in [0.2, 0.25) is 0 Å². The third-order valence-corrected chi connectivity index (χ3v) is 3.71. The first-order chi connectivity index (χ1) is 9.63. The highest BCUT2D eigenvalue weighted by Gasteiger charge is 2.18. The molecule has 0 radical (unpaired) electrons. The average molecular weight is 273 g/mol. The largest absolute Gasteiger partial charge is 0.399 e. The quantitative estimate of drug-likeness (QED) is 0.702. The predicted octanol–water partition coefficient (Wildman–Crippen LogP) is 0.642. The Hall–Kier alpha value is -2.05. The number of H-pyrrole nitrogens is 1. The number of nitrogens with zero attached hydrogens (tertiary/aromatic N) is 2. The Morgan fingerprint density at radius 3 is 2.80 bits per heavy atom. The molecular formula is C14H19N5O. The van der Waals surface area contributed by atoms with Gasteiger partial charge in [-0.25, -0.2) is 5.01 Å². The molecule has 4 N–H and O–H groups in total. The standard InChI is InChI=1S/C14H19N5O/c1-18-4-6-19(7-5-18)17-14(20)12-9-16-13-8-10(15)2-3-11(12)13/h2-3,8-9,16H,4-7,15H2,1H3,(H,17,20). The van der Waals surface area contributed by atoms with Gasteiger partial charge in [-0.2, -0.15) is 0 Å². The number of hydrogen-bond acceptors (Lipinski definition) is 4. The van der Waals surface area contributed by atoms with Gasteiger partial charge in [0, 0.05) is 49.0 Å². The monoisotopic (exact) mass is 273 g/mol. The van der Waals surface area contributed by atoms with Crippen molar-refractivity contribution in [3.63, 3.8) is 0 Å². The molecule has 2 aromatic rings. The summed E-state index contributed by atoms with van der Waals surface area (Å²) < 4.78 is 0. The van der Waals surface area contributed by atoms with Crippen LogP contribution in [0.5, 0.6) is 0 Å². The molecule has 0 spiro atoms. The molecule has 0 saturated carbocycles. The number of nitrogens with two attached hydrogens (primary N) is 1. The zero-order valence-corrected chi connectivity index (χ0v) is 11.5. The Balaban J connectivity index is 1.75. The second-order valence-corrected chi connectivity index (χ2v) is 5.24. The third-order valence-electron chi connectivity index (χ3n) is 3.71. The van der Waals surface area contributed by atoms with Crippen molar-refractivity contribution in [2.45, 2.75) is 0 Å². The van der Waals surface area contributed by atoms with E-state index in [9.17, 15) is 4.79 Å². The van der Waals surface area contributed by atoms with E-state index < -0.39 is 0 Å². The molecule has 0 unspecified atom stereocenters. The maximum Gasteiger partial charge on any atom is 0.267 e. The fourth-order valence-electron chi connectivity index (χ4n) is 2.45. The first-order valence-corrected chi connectivity index (χ1v) is 6.74. The van der Waals surface area contributed by atoms with Crippen molar-refractivity contribution in [2.75, 3.05) is 39.0 Å². The Labute approximate surface area is 117 Å². The van der Waals surface area contributed by atoms with Crippen LogP contribution in [0.15, 0.2) is 24.4 Å². The van der Waals surface area contributed by atoms with Crippen LogP contribution in [0.1, 0.15) is 10.4 Å². The van der Waals surface area contributed by atoms with Gasteiger partial charge >= 0.3 is 0 Å². The zero-order valence-electron chi connectivity index (χ0n) is 11.5. The van der Waals surface area contributed by atoms with Crippen molar-refractivity contribution in [1.82, 2.24) is 20.3 Å². The molecule has 1 aromatic carbocycles. The topological polar surface area (TPSA) is 77.4 Å². The highest BCUT2D eigenvalue weighted by molar-refractivity contribution is 6.07. The molecule has 20 heavy (non-hydrogen) atoms. The molecule has 1 saturated heterocycles. The lowest BCUT2D eigenvalue weighted by atomic mass is 10.1. The number of fused-ring (bicyclic) bond motifs is 1. The van der Waals surface area contributed by atoms with Gasteiger partial charge in [0.15, 0.2) is 0 Å². The summed E-state index contributed by atoms with van der Waals surface area (Å²) in [5.41, 5.74) is 10.9. The maximum atomic E-state index is 12.3. The SMILES string of the molecule is CN1CCN(NC(=O)c2c[nH]c3cc(N)ccc23)CC1. The molecule has 3 rings (SSSR count). The number of carbonyl (C=O) groups excluding carboxylic acids is 1. The average Bonchev–Trinajstić information content (AvgIpc) is 2.84. The third kappa shape index (κ3) is 2.48. The number of rotatable bonds is 2. The predicted molar refractivity (Wildman–Crippen MR) is 79.2 cm³/mol. The van der Waals surface area contributed by atoms with Crippen molar-refractivity contribution in [1.29, 1.82) is 0 Å². The lowest BCUT2D eigenvalue weighted by Gasteiger charge is -2.32. The second-order valence-electron chi connectivity index (χ2n) is 5.24. The number of hydrazine groups is 1. The number of likely N-dealkylation sites (N-methyl/N-ethyl adjacent to an activating group) is 1. The van der Waals surface area contributed by atoms with E-state index >= 15 is 0 Å². The molecule has 1 fully saturated rings. The normalized spacial score (nSPS) is 17.4. The lowest BCUT2D eigenvalue weighted by Crippen LogP contribution is -2.52. The number of amides is 1. The van der Waals surface area contributed by atoms with Crippen molar-refractivity contribution < 1.29 is 4.79 Å². The minimum atomic E-state index is -0.0782. The molecule has 0 bridgehead atoms. The van der Waals surface area contributed by atoms with E-state index in [1.54, 1.807) is 6.20 Å². The molecule has 1 amide bonds. The number of hydrogen-bond donors (Lipinski definition) is 3. The first-order valence-electron chi connectivity index (χ1n) is 6.74. The number of nitrogen functional groups attached to an aromatic ring is 1. The van der Waals surface area contributed by atoms with E-state index in [0.717, 1.165) is 37.1 Å². The molecule has 1 aromatic heterocycles. The van der Waals surface area contributed by atoms with Crippen molar-refractivity contribution in [3.8, 4) is 0 Å². The lowest BCUT2D eigenvalue weighted by molar-refractivity contribution is 0.0664. The zero-order chi connectivity index (χ0) is 14.1. The van der Waals surface area contributed by atoms with E-state index in [2.05, 4.69) is 22.4 Å². The second kappa shape index (κ2) is 5.15. The summed E-state index contributed by atoms with van der Waals surface area (Å²) in [6, 6.07) is 5.52.